The number of hydrogen-bond acceptors (Lipinski definition) is 7. The number of anilines is 2. The van der Waals surface area contributed by atoms with Crippen molar-refractivity contribution in [2.45, 2.75) is 38.6 Å². The van der Waals surface area contributed by atoms with Gasteiger partial charge in [0, 0.05) is 11.3 Å². The van der Waals surface area contributed by atoms with Crippen molar-refractivity contribution in [3.05, 3.63) is 40.4 Å². The minimum absolute atomic E-state index is 0.00897. The summed E-state index contributed by atoms with van der Waals surface area (Å²) in [5, 5.41) is 8.31. The lowest BCUT2D eigenvalue weighted by Gasteiger charge is -2.13. The predicted octanol–water partition coefficient (Wildman–Crippen LogP) is 2.35. The molecule has 3 rings (SSSR count). The molecule has 1 aromatic heterocycles. The van der Waals surface area contributed by atoms with Gasteiger partial charge in [0.05, 0.1) is 18.4 Å². The minimum Gasteiger partial charge on any atom is -0.464 e. The lowest BCUT2D eigenvalue weighted by atomic mass is 10.1. The summed E-state index contributed by atoms with van der Waals surface area (Å²) in [6.07, 6.45) is 1.57. The molecule has 2 heterocycles. The zero-order chi connectivity index (χ0) is 21.7. The van der Waals surface area contributed by atoms with Gasteiger partial charge in [0.2, 0.25) is 11.8 Å². The number of methoxy groups -OCH3 is 1. The molecule has 0 aliphatic carbocycles. The average Bonchev–Trinajstić information content (AvgIpc) is 3.07. The molecule has 158 valence electrons. The molecule has 1 aliphatic rings. The maximum Gasteiger partial charge on any atom is 0.357 e. The van der Waals surface area contributed by atoms with Crippen molar-refractivity contribution < 1.29 is 23.9 Å². The highest BCUT2D eigenvalue weighted by Crippen LogP contribution is 2.25. The van der Waals surface area contributed by atoms with Gasteiger partial charge in [-0.25, -0.2) is 9.78 Å². The number of para-hydroxylation sites is 1. The number of nitrogens with zero attached hydrogens (tertiary/aromatic N) is 1. The quantitative estimate of drug-likeness (QED) is 0.579. The van der Waals surface area contributed by atoms with Gasteiger partial charge in [-0.05, 0) is 25.0 Å². The molecular formula is C20H22N4O5S. The lowest BCUT2D eigenvalue weighted by Crippen LogP contribution is -2.41. The summed E-state index contributed by atoms with van der Waals surface area (Å²) in [6, 6.07) is 5.87. The van der Waals surface area contributed by atoms with Crippen LogP contribution < -0.4 is 16.0 Å². The van der Waals surface area contributed by atoms with Gasteiger partial charge >= 0.3 is 5.97 Å². The fourth-order valence-corrected chi connectivity index (χ4v) is 4.10. The Balaban J connectivity index is 1.62. The summed E-state index contributed by atoms with van der Waals surface area (Å²) in [4.78, 5) is 53.9. The Morgan fingerprint density at radius 3 is 2.77 bits per heavy atom. The number of aryl methyl sites for hydroxylation is 1. The van der Waals surface area contributed by atoms with Crippen LogP contribution in [-0.4, -0.2) is 41.8 Å². The van der Waals surface area contributed by atoms with E-state index >= 15 is 0 Å². The maximum atomic E-state index is 12.4. The number of thiazole rings is 1. The van der Waals surface area contributed by atoms with E-state index < -0.39 is 12.0 Å². The van der Waals surface area contributed by atoms with Crippen LogP contribution in [0, 0.1) is 0 Å². The van der Waals surface area contributed by atoms with Crippen molar-refractivity contribution in [1.29, 1.82) is 0 Å². The van der Waals surface area contributed by atoms with Crippen molar-refractivity contribution in [2.75, 3.05) is 17.7 Å². The first kappa shape index (κ1) is 21.4. The van der Waals surface area contributed by atoms with Crippen LogP contribution in [0.3, 0.4) is 0 Å². The number of esters is 1. The van der Waals surface area contributed by atoms with Crippen LogP contribution in [0.4, 0.5) is 10.8 Å². The first-order valence-corrected chi connectivity index (χ1v) is 10.3. The predicted molar refractivity (Wildman–Crippen MR) is 112 cm³/mol. The Morgan fingerprint density at radius 2 is 2.03 bits per heavy atom. The number of carbonyl (C=O) groups excluding carboxylic acids is 4. The minimum atomic E-state index is -0.840. The monoisotopic (exact) mass is 430 g/mol. The van der Waals surface area contributed by atoms with Crippen molar-refractivity contribution >= 4 is 45.8 Å². The topological polar surface area (TPSA) is 126 Å². The molecule has 1 aromatic carbocycles. The highest BCUT2D eigenvalue weighted by atomic mass is 32.1. The van der Waals surface area contributed by atoms with Gasteiger partial charge in [0.1, 0.15) is 6.04 Å². The number of aromatic nitrogens is 1. The van der Waals surface area contributed by atoms with Gasteiger partial charge < -0.3 is 20.7 Å². The molecule has 0 spiro atoms. The molecule has 0 saturated heterocycles. The van der Waals surface area contributed by atoms with Gasteiger partial charge in [-0.1, -0.05) is 25.5 Å². The summed E-state index contributed by atoms with van der Waals surface area (Å²) >= 11 is 1.22. The van der Waals surface area contributed by atoms with Gasteiger partial charge in [-0.15, -0.1) is 11.3 Å². The lowest BCUT2D eigenvalue weighted by molar-refractivity contribution is -0.118. The Morgan fingerprint density at radius 1 is 1.27 bits per heavy atom. The Labute approximate surface area is 177 Å². The average molecular weight is 430 g/mol. The Hall–Kier alpha value is -3.27. The third-order valence-electron chi connectivity index (χ3n) is 4.51. The smallest absolute Gasteiger partial charge is 0.357 e. The molecule has 1 aliphatic heterocycles. The molecule has 30 heavy (non-hydrogen) atoms. The summed E-state index contributed by atoms with van der Waals surface area (Å²) < 4.78 is 4.74. The summed E-state index contributed by atoms with van der Waals surface area (Å²) in [6.45, 7) is 1.98. The second kappa shape index (κ2) is 9.49. The number of hydrogen-bond donors (Lipinski definition) is 3. The van der Waals surface area contributed by atoms with E-state index in [2.05, 4.69) is 20.9 Å². The molecule has 0 radical (unpaired) electrons. The fourth-order valence-electron chi connectivity index (χ4n) is 3.03. The van der Waals surface area contributed by atoms with E-state index in [1.165, 1.54) is 18.4 Å². The van der Waals surface area contributed by atoms with Crippen LogP contribution in [0.5, 0.6) is 0 Å². The van der Waals surface area contributed by atoms with Gasteiger partial charge in [-0.2, -0.15) is 0 Å². The zero-order valence-electron chi connectivity index (χ0n) is 16.6. The van der Waals surface area contributed by atoms with Gasteiger partial charge in [0.15, 0.2) is 10.8 Å². The van der Waals surface area contributed by atoms with E-state index in [0.29, 0.717) is 22.8 Å². The highest BCUT2D eigenvalue weighted by Gasteiger charge is 2.28. The molecule has 3 N–H and O–H groups in total. The molecular weight excluding hydrogens is 408 g/mol. The van der Waals surface area contributed by atoms with Crippen LogP contribution in [0.1, 0.15) is 51.9 Å². The molecule has 3 amide bonds. The van der Waals surface area contributed by atoms with Crippen molar-refractivity contribution in [3.8, 4) is 0 Å². The van der Waals surface area contributed by atoms with E-state index in [9.17, 15) is 19.2 Å². The molecule has 0 bridgehead atoms. The van der Waals surface area contributed by atoms with Crippen LogP contribution in [0.15, 0.2) is 24.3 Å². The van der Waals surface area contributed by atoms with Crippen molar-refractivity contribution in [1.82, 2.24) is 10.3 Å². The first-order chi connectivity index (χ1) is 14.4. The molecule has 2 aromatic rings. The SMILES string of the molecule is CCCc1sc(NC(=O)CCC2NC(=O)c3ccccc3NC2=O)nc1C(=O)OC. The van der Waals surface area contributed by atoms with Crippen LogP contribution in [0.25, 0.3) is 0 Å². The van der Waals surface area contributed by atoms with Crippen LogP contribution >= 0.6 is 11.3 Å². The van der Waals surface area contributed by atoms with E-state index in [4.69, 9.17) is 4.74 Å². The number of fused-ring (bicyclic) bond motifs is 1. The van der Waals surface area contributed by atoms with Crippen molar-refractivity contribution in [2.24, 2.45) is 0 Å². The van der Waals surface area contributed by atoms with E-state index in [1.807, 2.05) is 6.92 Å². The summed E-state index contributed by atoms with van der Waals surface area (Å²) in [5.41, 5.74) is 1.01. The molecule has 0 saturated carbocycles. The van der Waals surface area contributed by atoms with Gasteiger partial charge in [-0.3, -0.25) is 14.4 Å². The number of benzene rings is 1. The number of nitrogens with one attached hydrogen (secondary N) is 3. The highest BCUT2D eigenvalue weighted by molar-refractivity contribution is 7.16. The molecule has 1 atom stereocenters. The number of rotatable bonds is 7. The molecule has 0 fully saturated rings. The van der Waals surface area contributed by atoms with Crippen LogP contribution in [0.2, 0.25) is 0 Å². The number of carbonyl (C=O) groups is 4. The third-order valence-corrected chi connectivity index (χ3v) is 5.54. The van der Waals surface area contributed by atoms with E-state index in [-0.39, 0.29) is 36.3 Å². The Bertz CT molecular complexity index is 987. The molecule has 9 nitrogen and oxygen atoms in total. The van der Waals surface area contributed by atoms with E-state index in [0.717, 1.165) is 11.3 Å². The molecule has 1 unspecified atom stereocenters. The maximum absolute atomic E-state index is 12.4. The second-order valence-electron chi connectivity index (χ2n) is 6.68. The first-order valence-electron chi connectivity index (χ1n) is 9.51. The third kappa shape index (κ3) is 4.82. The van der Waals surface area contributed by atoms with Gasteiger partial charge in [0.25, 0.3) is 5.91 Å². The fraction of sp³-hybridized carbons (Fsp3) is 0.350. The van der Waals surface area contributed by atoms with Crippen molar-refractivity contribution in [3.63, 3.8) is 0 Å². The number of amides is 3. The largest absolute Gasteiger partial charge is 0.464 e. The van der Waals surface area contributed by atoms with E-state index in [1.54, 1.807) is 24.3 Å². The Kier molecular flexibility index (Phi) is 6.78. The zero-order valence-corrected chi connectivity index (χ0v) is 17.4. The summed E-state index contributed by atoms with van der Waals surface area (Å²) in [7, 11) is 1.28. The standard InChI is InChI=1S/C20H22N4O5S/c1-3-6-14-16(19(28)29-2)24-20(30-14)23-15(25)10-9-13-18(27)21-12-8-5-4-7-11(12)17(26)22-13/h4-5,7-8,13H,3,6,9-10H2,1-2H3,(H,21,27)(H,22,26)(H,23,24,25). The normalized spacial score (nSPS) is 15.5. The molecule has 10 heteroatoms. The number of ether oxygens (including phenoxy) is 1. The second-order valence-corrected chi connectivity index (χ2v) is 7.76. The summed E-state index contributed by atoms with van der Waals surface area (Å²) in [5.74, 6) is -1.67. The van der Waals surface area contributed by atoms with Crippen LogP contribution in [-0.2, 0) is 20.7 Å².